The van der Waals surface area contributed by atoms with Crippen molar-refractivity contribution < 1.29 is 14.3 Å². The Balaban J connectivity index is 4.01. The number of amides is 1. The van der Waals surface area contributed by atoms with Crippen LogP contribution in [0.5, 0.6) is 0 Å². The molecule has 2 N–H and O–H groups in total. The van der Waals surface area contributed by atoms with Crippen LogP contribution in [0.2, 0.25) is 0 Å². The molecule has 0 aliphatic rings. The topological polar surface area (TPSA) is 59.6 Å². The van der Waals surface area contributed by atoms with Crippen LogP contribution in [0, 0.1) is 0 Å². The van der Waals surface area contributed by atoms with E-state index in [0.29, 0.717) is 6.61 Å². The highest BCUT2D eigenvalue weighted by Gasteiger charge is 2.18. The van der Waals surface area contributed by atoms with Crippen LogP contribution in [0.4, 0.5) is 0 Å². The number of ether oxygens (including phenoxy) is 2. The Kier molecular flexibility index (Phi) is 8.44. The Morgan fingerprint density at radius 3 is 2.57 bits per heavy atom. The smallest absolute Gasteiger partial charge is 0.235 e. The first-order valence-corrected chi connectivity index (χ1v) is 5.38. The van der Waals surface area contributed by atoms with Crippen LogP contribution in [0.25, 0.3) is 0 Å². The monoisotopic (exact) mass is 316 g/mol. The van der Waals surface area contributed by atoms with Gasteiger partial charge in [-0.1, -0.05) is 0 Å². The van der Waals surface area contributed by atoms with Gasteiger partial charge in [-0.15, -0.1) is 0 Å². The summed E-state index contributed by atoms with van der Waals surface area (Å²) in [5, 5.41) is 2.81. The number of carbonyl (C=O) groups excluding carboxylic acids is 1. The zero-order valence-corrected chi connectivity index (χ0v) is 10.8. The highest BCUT2D eigenvalue weighted by atomic mass is 127. The lowest BCUT2D eigenvalue weighted by atomic mass is 10.2. The Morgan fingerprint density at radius 2 is 2.14 bits per heavy atom. The van der Waals surface area contributed by atoms with Crippen molar-refractivity contribution in [3.8, 4) is 0 Å². The molecule has 0 spiro atoms. The number of hydrogen-bond donors (Lipinski definition) is 2. The fourth-order valence-electron chi connectivity index (χ4n) is 0.957. The maximum Gasteiger partial charge on any atom is 0.235 e. The summed E-state index contributed by atoms with van der Waals surface area (Å²) in [4.78, 5) is 11.3. The number of carbonyl (C=O) groups is 1. The first-order chi connectivity index (χ1) is 6.65. The van der Waals surface area contributed by atoms with Crippen molar-refractivity contribution in [1.82, 2.24) is 8.85 Å². The number of nitrogens with one attached hydrogen (secondary N) is 2. The van der Waals surface area contributed by atoms with Gasteiger partial charge in [-0.2, -0.15) is 0 Å². The van der Waals surface area contributed by atoms with Crippen molar-refractivity contribution in [3.63, 3.8) is 0 Å². The summed E-state index contributed by atoms with van der Waals surface area (Å²) < 4.78 is 12.9. The van der Waals surface area contributed by atoms with Crippen LogP contribution in [-0.4, -0.2) is 45.4 Å². The standard InChI is InChI=1S/C8H17IN2O3/c1-6(14-3)7(5-13-2)11-8(12)4-10-9/h6-7,10H,4-5H2,1-3H3,(H,11,12). The Morgan fingerprint density at radius 1 is 1.50 bits per heavy atom. The number of hydrogen-bond acceptors (Lipinski definition) is 4. The van der Waals surface area contributed by atoms with E-state index < -0.39 is 0 Å². The molecule has 2 unspecified atom stereocenters. The van der Waals surface area contributed by atoms with E-state index in [1.54, 1.807) is 14.2 Å². The minimum absolute atomic E-state index is 0.0619. The molecule has 0 aromatic heterocycles. The predicted octanol–water partition coefficient (Wildman–Crippen LogP) is 0.0921. The lowest BCUT2D eigenvalue weighted by Gasteiger charge is -2.23. The zero-order valence-electron chi connectivity index (χ0n) is 8.67. The summed E-state index contributed by atoms with van der Waals surface area (Å²) in [6, 6.07) is -0.109. The minimum Gasteiger partial charge on any atom is -0.382 e. The van der Waals surface area contributed by atoms with E-state index in [4.69, 9.17) is 9.47 Å². The van der Waals surface area contributed by atoms with Crippen molar-refractivity contribution in [3.05, 3.63) is 0 Å². The average Bonchev–Trinajstić information content (AvgIpc) is 2.16. The van der Waals surface area contributed by atoms with Gasteiger partial charge >= 0.3 is 0 Å². The molecule has 0 aliphatic carbocycles. The summed E-state index contributed by atoms with van der Waals surface area (Å²) in [5.74, 6) is -0.0645. The molecule has 0 aromatic rings. The van der Waals surface area contributed by atoms with E-state index in [0.717, 1.165) is 0 Å². The number of methoxy groups -OCH3 is 2. The normalized spacial score (nSPS) is 14.9. The first-order valence-electron chi connectivity index (χ1n) is 4.30. The van der Waals surface area contributed by atoms with Gasteiger partial charge in [0.1, 0.15) is 0 Å². The van der Waals surface area contributed by atoms with Crippen molar-refractivity contribution in [2.75, 3.05) is 27.4 Å². The van der Waals surface area contributed by atoms with Gasteiger partial charge in [0.15, 0.2) is 0 Å². The molecule has 14 heavy (non-hydrogen) atoms. The largest absolute Gasteiger partial charge is 0.382 e. The molecular formula is C8H17IN2O3. The van der Waals surface area contributed by atoms with Gasteiger partial charge in [0, 0.05) is 37.1 Å². The molecule has 0 heterocycles. The third kappa shape index (κ3) is 5.74. The molecule has 2 atom stereocenters. The SMILES string of the molecule is COCC(NC(=O)CNI)C(C)OC. The van der Waals surface area contributed by atoms with Crippen LogP contribution in [0.15, 0.2) is 0 Å². The molecule has 0 saturated carbocycles. The van der Waals surface area contributed by atoms with Gasteiger partial charge in [0.2, 0.25) is 5.91 Å². The maximum atomic E-state index is 11.3. The van der Waals surface area contributed by atoms with Gasteiger partial charge in [-0.05, 0) is 6.92 Å². The Bertz CT molecular complexity index is 169. The van der Waals surface area contributed by atoms with Crippen molar-refractivity contribution in [2.24, 2.45) is 0 Å². The highest BCUT2D eigenvalue weighted by Crippen LogP contribution is 1.97. The molecule has 0 bridgehead atoms. The van der Waals surface area contributed by atoms with Crippen LogP contribution < -0.4 is 8.85 Å². The molecule has 0 aromatic carbocycles. The predicted molar refractivity (Wildman–Crippen MR) is 62.3 cm³/mol. The maximum absolute atomic E-state index is 11.3. The zero-order chi connectivity index (χ0) is 11.0. The van der Waals surface area contributed by atoms with Gasteiger partial charge in [-0.3, -0.25) is 8.32 Å². The van der Waals surface area contributed by atoms with E-state index >= 15 is 0 Å². The summed E-state index contributed by atoms with van der Waals surface area (Å²) >= 11 is 1.92. The third-order valence-corrected chi connectivity index (χ3v) is 2.24. The Hall–Kier alpha value is 0.0800. The molecule has 0 rings (SSSR count). The molecule has 0 fully saturated rings. The second-order valence-electron chi connectivity index (χ2n) is 2.88. The second kappa shape index (κ2) is 8.39. The van der Waals surface area contributed by atoms with E-state index in [9.17, 15) is 4.79 Å². The van der Waals surface area contributed by atoms with Crippen LogP contribution in [0.1, 0.15) is 6.92 Å². The summed E-state index contributed by atoms with van der Waals surface area (Å²) in [6.45, 7) is 2.63. The van der Waals surface area contributed by atoms with Gasteiger partial charge in [-0.25, -0.2) is 0 Å². The van der Waals surface area contributed by atoms with Gasteiger partial charge in [0.05, 0.1) is 25.3 Å². The summed E-state index contributed by atoms with van der Waals surface area (Å²) in [5.41, 5.74) is 0. The lowest BCUT2D eigenvalue weighted by Crippen LogP contribution is -2.47. The van der Waals surface area contributed by atoms with Crippen LogP contribution in [0.3, 0.4) is 0 Å². The second-order valence-corrected chi connectivity index (χ2v) is 3.64. The molecule has 0 saturated heterocycles. The molecular weight excluding hydrogens is 299 g/mol. The molecule has 0 radical (unpaired) electrons. The molecule has 5 nitrogen and oxygen atoms in total. The quantitative estimate of drug-likeness (QED) is 0.516. The van der Waals surface area contributed by atoms with Crippen molar-refractivity contribution in [2.45, 2.75) is 19.1 Å². The molecule has 1 amide bonds. The molecule has 0 aliphatic heterocycles. The first kappa shape index (κ1) is 14.1. The minimum atomic E-state index is -0.109. The van der Waals surface area contributed by atoms with E-state index in [2.05, 4.69) is 8.85 Å². The Labute approximate surface area is 98.4 Å². The third-order valence-electron chi connectivity index (χ3n) is 1.86. The van der Waals surface area contributed by atoms with Crippen LogP contribution >= 0.6 is 22.9 Å². The average molecular weight is 316 g/mol. The van der Waals surface area contributed by atoms with Crippen LogP contribution in [-0.2, 0) is 14.3 Å². The van der Waals surface area contributed by atoms with E-state index in [-0.39, 0.29) is 24.6 Å². The fraction of sp³-hybridized carbons (Fsp3) is 0.875. The van der Waals surface area contributed by atoms with Crippen molar-refractivity contribution >= 4 is 28.8 Å². The number of halogens is 1. The summed E-state index contributed by atoms with van der Waals surface area (Å²) in [6.07, 6.45) is -0.0619. The highest BCUT2D eigenvalue weighted by molar-refractivity contribution is 14.1. The van der Waals surface area contributed by atoms with E-state index in [1.807, 2.05) is 29.8 Å². The van der Waals surface area contributed by atoms with Gasteiger partial charge < -0.3 is 14.8 Å². The lowest BCUT2D eigenvalue weighted by molar-refractivity contribution is -0.122. The molecule has 6 heteroatoms. The van der Waals surface area contributed by atoms with Crippen molar-refractivity contribution in [1.29, 1.82) is 0 Å². The summed E-state index contributed by atoms with van der Waals surface area (Å²) in [7, 11) is 3.20. The molecule has 84 valence electrons. The number of rotatable bonds is 7. The fourth-order valence-corrected chi connectivity index (χ4v) is 1.30. The van der Waals surface area contributed by atoms with E-state index in [1.165, 1.54) is 0 Å². The van der Waals surface area contributed by atoms with Gasteiger partial charge in [0.25, 0.3) is 0 Å².